The van der Waals surface area contributed by atoms with Gasteiger partial charge in [-0.2, -0.15) is 0 Å². The molecule has 3 rings (SSSR count). The fraction of sp³-hybridized carbons (Fsp3) is 0.231. The van der Waals surface area contributed by atoms with Crippen molar-refractivity contribution in [1.82, 2.24) is 10.2 Å². The van der Waals surface area contributed by atoms with Crippen LogP contribution in [0.4, 0.5) is 4.39 Å². The molecule has 0 spiro atoms. The van der Waals surface area contributed by atoms with E-state index in [-0.39, 0.29) is 30.8 Å². The first-order chi connectivity index (χ1) is 16.0. The number of carbonyl (C=O) groups excluding carboxylic acids is 2. The first kappa shape index (κ1) is 24.3. The van der Waals surface area contributed by atoms with E-state index in [9.17, 15) is 14.0 Å². The van der Waals surface area contributed by atoms with Crippen LogP contribution in [0.15, 0.2) is 78.9 Å². The molecule has 0 saturated heterocycles. The molecule has 0 aliphatic carbocycles. The van der Waals surface area contributed by atoms with Gasteiger partial charge >= 0.3 is 0 Å². The van der Waals surface area contributed by atoms with E-state index in [2.05, 4.69) is 5.32 Å². The highest BCUT2D eigenvalue weighted by molar-refractivity contribution is 6.30. The second kappa shape index (κ2) is 12.0. The van der Waals surface area contributed by atoms with Crippen LogP contribution in [-0.2, 0) is 22.6 Å². The Hall–Kier alpha value is -3.38. The molecule has 0 bridgehead atoms. The van der Waals surface area contributed by atoms with Crippen molar-refractivity contribution in [3.05, 3.63) is 101 Å². The van der Waals surface area contributed by atoms with Crippen molar-refractivity contribution in [3.8, 4) is 5.75 Å². The number of nitrogens with zero attached hydrogens (tertiary/aromatic N) is 1. The summed E-state index contributed by atoms with van der Waals surface area (Å²) in [5.74, 6) is -0.496. The minimum absolute atomic E-state index is 0.137. The minimum Gasteiger partial charge on any atom is -0.484 e. The van der Waals surface area contributed by atoms with Gasteiger partial charge in [0.25, 0.3) is 5.91 Å². The fourth-order valence-corrected chi connectivity index (χ4v) is 3.52. The summed E-state index contributed by atoms with van der Waals surface area (Å²) in [7, 11) is 0. The molecule has 1 atom stereocenters. The number of hydrogen-bond donors (Lipinski definition) is 1. The number of halogens is 2. The van der Waals surface area contributed by atoms with Gasteiger partial charge in [0.1, 0.15) is 17.6 Å². The van der Waals surface area contributed by atoms with Crippen molar-refractivity contribution in [1.29, 1.82) is 0 Å². The summed E-state index contributed by atoms with van der Waals surface area (Å²) in [6.07, 6.45) is 0.334. The van der Waals surface area contributed by atoms with Gasteiger partial charge in [0.05, 0.1) is 0 Å². The van der Waals surface area contributed by atoms with Gasteiger partial charge in [-0.3, -0.25) is 9.59 Å². The predicted octanol–water partition coefficient (Wildman–Crippen LogP) is 4.63. The lowest BCUT2D eigenvalue weighted by molar-refractivity contribution is -0.142. The van der Waals surface area contributed by atoms with Crippen LogP contribution in [0.5, 0.6) is 5.75 Å². The van der Waals surface area contributed by atoms with E-state index in [1.165, 1.54) is 17.0 Å². The average Bonchev–Trinajstić information content (AvgIpc) is 2.82. The number of carbonyl (C=O) groups is 2. The molecule has 0 unspecified atom stereocenters. The lowest BCUT2D eigenvalue weighted by Gasteiger charge is -2.31. The van der Waals surface area contributed by atoms with Crippen LogP contribution >= 0.6 is 11.6 Å². The number of rotatable bonds is 10. The van der Waals surface area contributed by atoms with Crippen LogP contribution in [0.3, 0.4) is 0 Å². The number of nitrogens with one attached hydrogen (secondary N) is 1. The Balaban J connectivity index is 1.87. The van der Waals surface area contributed by atoms with Gasteiger partial charge in [-0.1, -0.05) is 54.1 Å². The van der Waals surface area contributed by atoms with Gasteiger partial charge < -0.3 is 15.0 Å². The lowest BCUT2D eigenvalue weighted by Crippen LogP contribution is -2.51. The normalized spacial score (nSPS) is 11.5. The summed E-state index contributed by atoms with van der Waals surface area (Å²) < 4.78 is 19.1. The highest BCUT2D eigenvalue weighted by atomic mass is 35.5. The van der Waals surface area contributed by atoms with Gasteiger partial charge in [0, 0.05) is 24.5 Å². The van der Waals surface area contributed by atoms with Crippen molar-refractivity contribution >= 4 is 23.4 Å². The number of hydrogen-bond acceptors (Lipinski definition) is 3. The summed E-state index contributed by atoms with van der Waals surface area (Å²) in [6.45, 7) is 2.14. The Bertz CT molecular complexity index is 1040. The highest BCUT2D eigenvalue weighted by Crippen LogP contribution is 2.18. The third-order valence-electron chi connectivity index (χ3n) is 5.06. The monoisotopic (exact) mass is 468 g/mol. The van der Waals surface area contributed by atoms with E-state index < -0.39 is 6.04 Å². The topological polar surface area (TPSA) is 58.6 Å². The maximum atomic E-state index is 13.4. The number of likely N-dealkylation sites (N-methyl/N-ethyl adjacent to an activating group) is 1. The standard InChI is InChI=1S/C26H26ClFN2O3/c1-2-29-26(32)24(16-19-6-4-3-5-7-19)30(17-20-8-12-22(28)13-9-20)25(31)18-33-23-14-10-21(27)11-15-23/h3-15,24H,2,16-18H2,1H3,(H,29,32)/t24-/m0/s1. The average molecular weight is 469 g/mol. The van der Waals surface area contributed by atoms with Crippen LogP contribution in [0.1, 0.15) is 18.1 Å². The van der Waals surface area contributed by atoms with Crippen molar-refractivity contribution in [3.63, 3.8) is 0 Å². The zero-order chi connectivity index (χ0) is 23.6. The molecule has 0 heterocycles. The molecule has 5 nitrogen and oxygen atoms in total. The molecule has 0 fully saturated rings. The van der Waals surface area contributed by atoms with Gasteiger partial charge in [-0.25, -0.2) is 4.39 Å². The summed E-state index contributed by atoms with van der Waals surface area (Å²) in [5.41, 5.74) is 1.63. The largest absolute Gasteiger partial charge is 0.484 e. The van der Waals surface area contributed by atoms with E-state index in [1.807, 2.05) is 37.3 Å². The summed E-state index contributed by atoms with van der Waals surface area (Å²) in [5, 5.41) is 3.39. The fourth-order valence-electron chi connectivity index (χ4n) is 3.39. The molecule has 0 aliphatic heterocycles. The van der Waals surface area contributed by atoms with Crippen molar-refractivity contribution < 1.29 is 18.7 Å². The molecular formula is C26H26ClFN2O3. The number of benzene rings is 3. The Morgan fingerprint density at radius 3 is 2.27 bits per heavy atom. The third kappa shape index (κ3) is 7.32. The number of amides is 2. The summed E-state index contributed by atoms with van der Waals surface area (Å²) >= 11 is 5.91. The summed E-state index contributed by atoms with van der Waals surface area (Å²) in [6, 6.07) is 21.3. The van der Waals surface area contributed by atoms with E-state index >= 15 is 0 Å². The summed E-state index contributed by atoms with van der Waals surface area (Å²) in [4.78, 5) is 27.8. The minimum atomic E-state index is -0.765. The molecule has 0 radical (unpaired) electrons. The van der Waals surface area contributed by atoms with Crippen LogP contribution in [0.25, 0.3) is 0 Å². The predicted molar refractivity (Wildman–Crippen MR) is 127 cm³/mol. The van der Waals surface area contributed by atoms with Gasteiger partial charge in [0.15, 0.2) is 6.61 Å². The first-order valence-electron chi connectivity index (χ1n) is 10.7. The Kier molecular flexibility index (Phi) is 8.84. The van der Waals surface area contributed by atoms with Crippen molar-refractivity contribution in [2.24, 2.45) is 0 Å². The molecule has 3 aromatic rings. The molecule has 7 heteroatoms. The molecule has 0 aromatic heterocycles. The quantitative estimate of drug-likeness (QED) is 0.472. The molecule has 3 aromatic carbocycles. The first-order valence-corrected chi connectivity index (χ1v) is 11.1. The van der Waals surface area contributed by atoms with E-state index in [0.29, 0.717) is 29.3 Å². The third-order valence-corrected chi connectivity index (χ3v) is 5.32. The maximum absolute atomic E-state index is 13.4. The van der Waals surface area contributed by atoms with Gasteiger partial charge in [-0.05, 0) is 54.4 Å². The Morgan fingerprint density at radius 1 is 0.970 bits per heavy atom. The van der Waals surface area contributed by atoms with E-state index in [1.54, 1.807) is 36.4 Å². The van der Waals surface area contributed by atoms with Crippen molar-refractivity contribution in [2.75, 3.05) is 13.2 Å². The maximum Gasteiger partial charge on any atom is 0.261 e. The Morgan fingerprint density at radius 2 is 1.64 bits per heavy atom. The molecule has 2 amide bonds. The van der Waals surface area contributed by atoms with E-state index in [4.69, 9.17) is 16.3 Å². The van der Waals surface area contributed by atoms with Crippen LogP contribution in [0.2, 0.25) is 5.02 Å². The molecular weight excluding hydrogens is 443 g/mol. The molecule has 0 saturated carbocycles. The number of ether oxygens (including phenoxy) is 1. The zero-order valence-electron chi connectivity index (χ0n) is 18.3. The Labute approximate surface area is 198 Å². The van der Waals surface area contributed by atoms with E-state index in [0.717, 1.165) is 5.56 Å². The highest BCUT2D eigenvalue weighted by Gasteiger charge is 2.30. The SMILES string of the molecule is CCNC(=O)[C@H](Cc1ccccc1)N(Cc1ccc(F)cc1)C(=O)COc1ccc(Cl)cc1. The smallest absolute Gasteiger partial charge is 0.261 e. The van der Waals surface area contributed by atoms with Gasteiger partial charge in [-0.15, -0.1) is 0 Å². The molecule has 172 valence electrons. The van der Waals surface area contributed by atoms with Crippen LogP contribution < -0.4 is 10.1 Å². The second-order valence-corrected chi connectivity index (χ2v) is 7.93. The molecule has 0 aliphatic rings. The molecule has 33 heavy (non-hydrogen) atoms. The van der Waals surface area contributed by atoms with Crippen LogP contribution in [-0.4, -0.2) is 35.9 Å². The van der Waals surface area contributed by atoms with Crippen molar-refractivity contribution in [2.45, 2.75) is 25.9 Å². The van der Waals surface area contributed by atoms with Gasteiger partial charge in [0.2, 0.25) is 5.91 Å². The second-order valence-electron chi connectivity index (χ2n) is 7.49. The zero-order valence-corrected chi connectivity index (χ0v) is 19.1. The molecule has 1 N–H and O–H groups in total. The van der Waals surface area contributed by atoms with Crippen LogP contribution in [0, 0.1) is 5.82 Å². The lowest BCUT2D eigenvalue weighted by atomic mass is 10.0.